The summed E-state index contributed by atoms with van der Waals surface area (Å²) < 4.78 is 10.0. The third-order valence-corrected chi connectivity index (χ3v) is 2.91. The maximum Gasteiger partial charge on any atom is 0.344 e. The molecule has 0 aliphatic heterocycles. The fourth-order valence-electron chi connectivity index (χ4n) is 1.57. The number of anilines is 1. The molecule has 0 aromatic heterocycles. The van der Waals surface area contributed by atoms with Crippen molar-refractivity contribution in [2.75, 3.05) is 25.5 Å². The van der Waals surface area contributed by atoms with Gasteiger partial charge in [-0.1, -0.05) is 12.1 Å². The summed E-state index contributed by atoms with van der Waals surface area (Å²) in [6.45, 7) is 0.108. The number of amides is 1. The zero-order chi connectivity index (χ0) is 14.4. The fraction of sp³-hybridized carbons (Fsp3) is 0.429. The summed E-state index contributed by atoms with van der Waals surface area (Å²) in [6, 6.07) is 6.85. The molecule has 0 unspecified atom stereocenters. The van der Waals surface area contributed by atoms with Gasteiger partial charge < -0.3 is 20.5 Å². The lowest BCUT2D eigenvalue weighted by atomic mass is 10.3. The molecule has 1 aromatic carbocycles. The van der Waals surface area contributed by atoms with Gasteiger partial charge in [-0.25, -0.2) is 4.79 Å². The van der Waals surface area contributed by atoms with Crippen LogP contribution in [0.25, 0.3) is 0 Å². The van der Waals surface area contributed by atoms with Gasteiger partial charge in [0, 0.05) is 6.54 Å². The summed E-state index contributed by atoms with van der Waals surface area (Å²) in [5.41, 5.74) is 6.11. The van der Waals surface area contributed by atoms with Gasteiger partial charge in [0.05, 0.1) is 5.69 Å². The first kappa shape index (κ1) is 14.2. The van der Waals surface area contributed by atoms with Crippen LogP contribution >= 0.6 is 0 Å². The molecule has 0 bridgehead atoms. The third kappa shape index (κ3) is 4.79. The zero-order valence-corrected chi connectivity index (χ0v) is 11.1. The molecule has 0 saturated heterocycles. The van der Waals surface area contributed by atoms with Crippen LogP contribution in [0.15, 0.2) is 24.3 Å². The summed E-state index contributed by atoms with van der Waals surface area (Å²) in [6.07, 6.45) is 2.32. The molecule has 0 spiro atoms. The first-order valence-corrected chi connectivity index (χ1v) is 6.55. The minimum Gasteiger partial charge on any atom is -0.480 e. The lowest BCUT2D eigenvalue weighted by Crippen LogP contribution is -2.31. The third-order valence-electron chi connectivity index (χ3n) is 2.91. The van der Waals surface area contributed by atoms with Crippen LogP contribution in [0.4, 0.5) is 5.69 Å². The van der Waals surface area contributed by atoms with Gasteiger partial charge >= 0.3 is 5.97 Å². The van der Waals surface area contributed by atoms with Gasteiger partial charge in [0.15, 0.2) is 13.2 Å². The van der Waals surface area contributed by atoms with Crippen LogP contribution in [0.5, 0.6) is 5.75 Å². The summed E-state index contributed by atoms with van der Waals surface area (Å²) in [7, 11) is 0. The number of nitrogens with two attached hydrogens (primary N) is 1. The van der Waals surface area contributed by atoms with Crippen LogP contribution in [0, 0.1) is 5.92 Å². The number of ether oxygens (including phenoxy) is 2. The number of hydrogen-bond acceptors (Lipinski definition) is 5. The maximum atomic E-state index is 11.4. The summed E-state index contributed by atoms with van der Waals surface area (Å²) in [4.78, 5) is 22.8. The molecule has 1 fully saturated rings. The Kier molecular flexibility index (Phi) is 4.81. The molecule has 1 aliphatic rings. The molecule has 0 heterocycles. The van der Waals surface area contributed by atoms with Gasteiger partial charge in [-0.15, -0.1) is 0 Å². The van der Waals surface area contributed by atoms with Crippen LogP contribution in [0.3, 0.4) is 0 Å². The van der Waals surface area contributed by atoms with E-state index in [0.717, 1.165) is 12.8 Å². The van der Waals surface area contributed by atoms with E-state index in [-0.39, 0.29) is 19.1 Å². The van der Waals surface area contributed by atoms with Gasteiger partial charge in [0.1, 0.15) is 5.75 Å². The summed E-state index contributed by atoms with van der Waals surface area (Å²) in [5.74, 6) is 0.126. The SMILES string of the molecule is Nc1ccccc1OCC(=O)OCC(=O)NCC1CC1. The first-order chi connectivity index (χ1) is 9.65. The second-order valence-corrected chi connectivity index (χ2v) is 4.73. The standard InChI is InChI=1S/C14H18N2O4/c15-11-3-1-2-4-12(11)19-9-14(18)20-8-13(17)16-7-10-5-6-10/h1-4,10H,5-9,15H2,(H,16,17). The molecule has 6 heteroatoms. The van der Waals surface area contributed by atoms with Crippen molar-refractivity contribution in [1.29, 1.82) is 0 Å². The number of benzene rings is 1. The number of para-hydroxylation sites is 2. The molecule has 20 heavy (non-hydrogen) atoms. The Morgan fingerprint density at radius 2 is 2.00 bits per heavy atom. The minimum absolute atomic E-state index is 0.274. The van der Waals surface area contributed by atoms with Crippen molar-refractivity contribution >= 4 is 17.6 Å². The van der Waals surface area contributed by atoms with Crippen molar-refractivity contribution in [3.8, 4) is 5.75 Å². The number of nitrogens with one attached hydrogen (secondary N) is 1. The van der Waals surface area contributed by atoms with Crippen LogP contribution in [-0.2, 0) is 14.3 Å². The normalized spacial score (nSPS) is 13.6. The van der Waals surface area contributed by atoms with E-state index in [1.165, 1.54) is 0 Å². The van der Waals surface area contributed by atoms with Crippen molar-refractivity contribution in [2.24, 2.45) is 5.92 Å². The molecular formula is C14H18N2O4. The minimum atomic E-state index is -0.602. The number of rotatable bonds is 7. The molecule has 1 aromatic rings. The predicted octanol–water partition coefficient (Wildman–Crippen LogP) is 0.717. The zero-order valence-electron chi connectivity index (χ0n) is 11.1. The average molecular weight is 278 g/mol. The van der Waals surface area contributed by atoms with Gasteiger partial charge in [0.2, 0.25) is 0 Å². The number of carbonyl (C=O) groups excluding carboxylic acids is 2. The second kappa shape index (κ2) is 6.79. The highest BCUT2D eigenvalue weighted by atomic mass is 16.6. The largest absolute Gasteiger partial charge is 0.480 e. The molecule has 3 N–H and O–H groups in total. The molecule has 108 valence electrons. The Morgan fingerprint density at radius 1 is 1.25 bits per heavy atom. The lowest BCUT2D eigenvalue weighted by Gasteiger charge is -2.08. The van der Waals surface area contributed by atoms with Crippen molar-refractivity contribution in [2.45, 2.75) is 12.8 Å². The topological polar surface area (TPSA) is 90.7 Å². The van der Waals surface area contributed by atoms with Crippen molar-refractivity contribution < 1.29 is 19.1 Å². The van der Waals surface area contributed by atoms with Gasteiger partial charge in [-0.3, -0.25) is 4.79 Å². The highest BCUT2D eigenvalue weighted by Crippen LogP contribution is 2.27. The predicted molar refractivity (Wildman–Crippen MR) is 73.0 cm³/mol. The number of esters is 1. The Morgan fingerprint density at radius 3 is 2.70 bits per heavy atom. The van der Waals surface area contributed by atoms with Crippen LogP contribution < -0.4 is 15.8 Å². The van der Waals surface area contributed by atoms with E-state index < -0.39 is 5.97 Å². The Bertz CT molecular complexity index is 486. The average Bonchev–Trinajstić information content (AvgIpc) is 3.26. The van der Waals surface area contributed by atoms with Crippen LogP contribution in [0.2, 0.25) is 0 Å². The molecule has 2 rings (SSSR count). The van der Waals surface area contributed by atoms with Crippen LogP contribution in [0.1, 0.15) is 12.8 Å². The van der Waals surface area contributed by atoms with Crippen molar-refractivity contribution in [3.05, 3.63) is 24.3 Å². The molecule has 0 atom stereocenters. The Labute approximate surface area is 117 Å². The van der Waals surface area contributed by atoms with E-state index in [1.54, 1.807) is 24.3 Å². The van der Waals surface area contributed by atoms with Crippen molar-refractivity contribution in [3.63, 3.8) is 0 Å². The van der Waals surface area contributed by atoms with E-state index in [0.29, 0.717) is 23.9 Å². The second-order valence-electron chi connectivity index (χ2n) is 4.73. The van der Waals surface area contributed by atoms with E-state index in [9.17, 15) is 9.59 Å². The molecular weight excluding hydrogens is 260 g/mol. The summed E-state index contributed by atoms with van der Waals surface area (Å²) >= 11 is 0. The highest BCUT2D eigenvalue weighted by Gasteiger charge is 2.21. The van der Waals surface area contributed by atoms with E-state index >= 15 is 0 Å². The van der Waals surface area contributed by atoms with E-state index in [1.807, 2.05) is 0 Å². The van der Waals surface area contributed by atoms with E-state index in [2.05, 4.69) is 5.32 Å². The fourth-order valence-corrected chi connectivity index (χ4v) is 1.57. The Balaban J connectivity index is 1.62. The lowest BCUT2D eigenvalue weighted by molar-refractivity contribution is -0.150. The Hall–Kier alpha value is -2.24. The molecule has 1 amide bonds. The number of nitrogen functional groups attached to an aromatic ring is 1. The maximum absolute atomic E-state index is 11.4. The van der Waals surface area contributed by atoms with Gasteiger partial charge in [-0.05, 0) is 30.9 Å². The number of carbonyl (C=O) groups is 2. The van der Waals surface area contributed by atoms with Crippen LogP contribution in [-0.4, -0.2) is 31.6 Å². The number of hydrogen-bond donors (Lipinski definition) is 2. The molecule has 1 saturated carbocycles. The summed E-state index contributed by atoms with van der Waals surface area (Å²) in [5, 5.41) is 2.71. The quantitative estimate of drug-likeness (QED) is 0.566. The molecule has 1 aliphatic carbocycles. The first-order valence-electron chi connectivity index (χ1n) is 6.55. The van der Waals surface area contributed by atoms with Gasteiger partial charge in [0.25, 0.3) is 5.91 Å². The van der Waals surface area contributed by atoms with E-state index in [4.69, 9.17) is 15.2 Å². The highest BCUT2D eigenvalue weighted by molar-refractivity contribution is 5.80. The van der Waals surface area contributed by atoms with Gasteiger partial charge in [-0.2, -0.15) is 0 Å². The molecule has 0 radical (unpaired) electrons. The monoisotopic (exact) mass is 278 g/mol. The van der Waals surface area contributed by atoms with Crippen molar-refractivity contribution in [1.82, 2.24) is 5.32 Å². The molecule has 6 nitrogen and oxygen atoms in total. The smallest absolute Gasteiger partial charge is 0.344 e.